The first kappa shape index (κ1) is 13.7. The van der Waals surface area contributed by atoms with Crippen molar-refractivity contribution in [1.29, 1.82) is 0 Å². The van der Waals surface area contributed by atoms with Gasteiger partial charge in [-0.1, -0.05) is 0 Å². The van der Waals surface area contributed by atoms with E-state index in [0.717, 1.165) is 17.0 Å². The largest absolute Gasteiger partial charge is 0.480 e. The molecule has 20 heavy (non-hydrogen) atoms. The van der Waals surface area contributed by atoms with E-state index in [9.17, 15) is 14.0 Å². The number of hydrogen-bond acceptors (Lipinski definition) is 4. The number of aromatic nitrogens is 1. The second-order valence-electron chi connectivity index (χ2n) is 4.30. The van der Waals surface area contributed by atoms with E-state index < -0.39 is 24.2 Å². The van der Waals surface area contributed by atoms with Crippen molar-refractivity contribution < 1.29 is 19.1 Å². The van der Waals surface area contributed by atoms with Crippen LogP contribution in [0.2, 0.25) is 0 Å². The van der Waals surface area contributed by atoms with Crippen molar-refractivity contribution in [3.63, 3.8) is 0 Å². The Morgan fingerprint density at radius 2 is 2.10 bits per heavy atom. The van der Waals surface area contributed by atoms with Gasteiger partial charge in [0.1, 0.15) is 18.1 Å². The van der Waals surface area contributed by atoms with Crippen LogP contribution >= 0.6 is 0 Å². The minimum atomic E-state index is -1.15. The van der Waals surface area contributed by atoms with Crippen LogP contribution in [0.25, 0.3) is 10.8 Å². The van der Waals surface area contributed by atoms with Crippen molar-refractivity contribution in [3.8, 4) is 0 Å². The first-order chi connectivity index (χ1) is 9.40. The minimum absolute atomic E-state index is 0.0301. The van der Waals surface area contributed by atoms with Gasteiger partial charge in [-0.25, -0.2) is 4.39 Å². The lowest BCUT2D eigenvalue weighted by molar-refractivity contribution is -0.137. The number of fused-ring (bicyclic) bond motifs is 1. The van der Waals surface area contributed by atoms with Gasteiger partial charge in [-0.05, 0) is 18.2 Å². The van der Waals surface area contributed by atoms with Gasteiger partial charge in [0, 0.05) is 29.7 Å². The summed E-state index contributed by atoms with van der Waals surface area (Å²) in [5, 5.41) is 9.44. The summed E-state index contributed by atoms with van der Waals surface area (Å²) in [5.41, 5.74) is 5.86. The van der Waals surface area contributed by atoms with E-state index in [0.29, 0.717) is 5.39 Å². The van der Waals surface area contributed by atoms with Crippen molar-refractivity contribution in [2.75, 3.05) is 19.3 Å². The van der Waals surface area contributed by atoms with E-state index in [-0.39, 0.29) is 16.8 Å². The molecule has 0 atom stereocenters. The normalized spacial score (nSPS) is 10.5. The minimum Gasteiger partial charge on any atom is -0.480 e. The van der Waals surface area contributed by atoms with Crippen LogP contribution in [-0.4, -0.2) is 40.5 Å². The van der Waals surface area contributed by atoms with Gasteiger partial charge >= 0.3 is 5.97 Å². The Morgan fingerprint density at radius 3 is 2.75 bits per heavy atom. The number of carboxylic acid groups (broad SMARTS) is 1. The quantitative estimate of drug-likeness (QED) is 0.819. The van der Waals surface area contributed by atoms with Gasteiger partial charge in [0.15, 0.2) is 0 Å². The third kappa shape index (κ3) is 2.51. The first-order valence-corrected chi connectivity index (χ1v) is 5.71. The highest BCUT2D eigenvalue weighted by atomic mass is 19.1. The maximum atomic E-state index is 13.4. The van der Waals surface area contributed by atoms with Crippen molar-refractivity contribution in [1.82, 2.24) is 9.88 Å². The topological polar surface area (TPSA) is 96.5 Å². The number of nitrogen functional groups attached to an aromatic ring is 1. The molecule has 2 rings (SSSR count). The molecule has 0 bridgehead atoms. The molecule has 0 radical (unpaired) electrons. The second-order valence-corrected chi connectivity index (χ2v) is 4.30. The number of anilines is 1. The van der Waals surface area contributed by atoms with Crippen LogP contribution in [0.5, 0.6) is 0 Å². The van der Waals surface area contributed by atoms with Crippen molar-refractivity contribution in [2.24, 2.45) is 0 Å². The monoisotopic (exact) mass is 277 g/mol. The standard InChI is InChI=1S/C13H12FN3O3/c1-17(6-11(18)19)13(20)12-9-4-7(14)5-10(15)8(9)2-3-16-12/h2-5H,6,15H2,1H3,(H,18,19). The maximum Gasteiger partial charge on any atom is 0.323 e. The van der Waals surface area contributed by atoms with Gasteiger partial charge in [0.05, 0.1) is 0 Å². The van der Waals surface area contributed by atoms with E-state index in [1.165, 1.54) is 13.2 Å². The number of pyridine rings is 1. The maximum absolute atomic E-state index is 13.4. The number of hydrogen-bond donors (Lipinski definition) is 2. The number of likely N-dealkylation sites (N-methyl/N-ethyl adjacent to an activating group) is 1. The lowest BCUT2D eigenvalue weighted by atomic mass is 10.1. The SMILES string of the molecule is CN(CC(=O)O)C(=O)c1nccc2c(N)cc(F)cc12. The summed E-state index contributed by atoms with van der Waals surface area (Å²) in [6, 6.07) is 3.87. The molecule has 1 amide bonds. The smallest absolute Gasteiger partial charge is 0.323 e. The van der Waals surface area contributed by atoms with Crippen LogP contribution in [0.4, 0.5) is 10.1 Å². The number of amides is 1. The molecule has 3 N–H and O–H groups in total. The Kier molecular flexibility index (Phi) is 3.51. The zero-order chi connectivity index (χ0) is 14.9. The molecule has 1 heterocycles. The Morgan fingerprint density at radius 1 is 1.40 bits per heavy atom. The summed E-state index contributed by atoms with van der Waals surface area (Å²) in [6.07, 6.45) is 1.37. The molecule has 1 aromatic carbocycles. The molecular formula is C13H12FN3O3. The van der Waals surface area contributed by atoms with Crippen LogP contribution < -0.4 is 5.73 Å². The van der Waals surface area contributed by atoms with Crippen molar-refractivity contribution in [3.05, 3.63) is 35.9 Å². The molecule has 104 valence electrons. The number of carbonyl (C=O) groups excluding carboxylic acids is 1. The van der Waals surface area contributed by atoms with Gasteiger partial charge in [0.2, 0.25) is 0 Å². The summed E-state index contributed by atoms with van der Waals surface area (Å²) in [5.74, 6) is -2.34. The van der Waals surface area contributed by atoms with Crippen LogP contribution in [0.3, 0.4) is 0 Å². The number of aliphatic carboxylic acids is 1. The summed E-state index contributed by atoms with van der Waals surface area (Å²) in [7, 11) is 1.33. The Bertz CT molecular complexity index is 703. The van der Waals surface area contributed by atoms with Crippen molar-refractivity contribution >= 4 is 28.3 Å². The summed E-state index contributed by atoms with van der Waals surface area (Å²) in [4.78, 5) is 27.7. The van der Waals surface area contributed by atoms with Crippen molar-refractivity contribution in [2.45, 2.75) is 0 Å². The molecular weight excluding hydrogens is 265 g/mol. The molecule has 0 saturated carbocycles. The number of carbonyl (C=O) groups is 2. The van der Waals surface area contributed by atoms with Crippen LogP contribution in [0.15, 0.2) is 24.4 Å². The summed E-state index contributed by atoms with van der Waals surface area (Å²) >= 11 is 0. The highest BCUT2D eigenvalue weighted by Gasteiger charge is 2.19. The fourth-order valence-electron chi connectivity index (χ4n) is 1.90. The highest BCUT2D eigenvalue weighted by Crippen LogP contribution is 2.25. The number of carboxylic acids is 1. The summed E-state index contributed by atoms with van der Waals surface area (Å²) in [6.45, 7) is -0.471. The average Bonchev–Trinajstić information content (AvgIpc) is 2.36. The number of halogens is 1. The summed E-state index contributed by atoms with van der Waals surface area (Å²) < 4.78 is 13.4. The van der Waals surface area contributed by atoms with E-state index in [1.807, 2.05) is 0 Å². The van der Waals surface area contributed by atoms with Gasteiger partial charge in [0.25, 0.3) is 5.91 Å². The zero-order valence-electron chi connectivity index (χ0n) is 10.6. The van der Waals surface area contributed by atoms with Gasteiger partial charge < -0.3 is 15.7 Å². The predicted octanol–water partition coefficient (Wildman–Crippen LogP) is 1.11. The second kappa shape index (κ2) is 5.12. The molecule has 0 aliphatic carbocycles. The molecule has 0 saturated heterocycles. The molecule has 6 nitrogen and oxygen atoms in total. The molecule has 2 aromatic rings. The fourth-order valence-corrected chi connectivity index (χ4v) is 1.90. The molecule has 0 fully saturated rings. The number of rotatable bonds is 3. The molecule has 0 unspecified atom stereocenters. The molecule has 0 spiro atoms. The third-order valence-electron chi connectivity index (χ3n) is 2.80. The third-order valence-corrected chi connectivity index (χ3v) is 2.80. The van der Waals surface area contributed by atoms with E-state index >= 15 is 0 Å². The Labute approximate surface area is 113 Å². The first-order valence-electron chi connectivity index (χ1n) is 5.71. The predicted molar refractivity (Wildman–Crippen MR) is 70.7 cm³/mol. The number of benzene rings is 1. The van der Waals surface area contributed by atoms with Crippen LogP contribution in [0.1, 0.15) is 10.5 Å². The fraction of sp³-hybridized carbons (Fsp3) is 0.154. The van der Waals surface area contributed by atoms with Gasteiger partial charge in [-0.15, -0.1) is 0 Å². The molecule has 7 heteroatoms. The molecule has 0 aliphatic heterocycles. The average molecular weight is 277 g/mol. The number of nitrogens with two attached hydrogens (primary N) is 1. The molecule has 1 aromatic heterocycles. The van der Waals surface area contributed by atoms with E-state index in [4.69, 9.17) is 10.8 Å². The van der Waals surface area contributed by atoms with Crippen LogP contribution in [0, 0.1) is 5.82 Å². The number of nitrogens with zero attached hydrogens (tertiary/aromatic N) is 2. The van der Waals surface area contributed by atoms with Crippen LogP contribution in [-0.2, 0) is 4.79 Å². The van der Waals surface area contributed by atoms with Gasteiger partial charge in [-0.3, -0.25) is 14.6 Å². The van der Waals surface area contributed by atoms with E-state index in [1.54, 1.807) is 6.07 Å². The Balaban J connectivity index is 2.54. The van der Waals surface area contributed by atoms with E-state index in [2.05, 4.69) is 4.98 Å². The lowest BCUT2D eigenvalue weighted by Gasteiger charge is -2.15. The highest BCUT2D eigenvalue weighted by molar-refractivity contribution is 6.08. The van der Waals surface area contributed by atoms with Gasteiger partial charge in [-0.2, -0.15) is 0 Å². The lowest BCUT2D eigenvalue weighted by Crippen LogP contribution is -2.32. The molecule has 0 aliphatic rings. The zero-order valence-corrected chi connectivity index (χ0v) is 10.6. The Hall–Kier alpha value is -2.70.